The molecule has 3 aromatic rings. The fourth-order valence-corrected chi connectivity index (χ4v) is 3.87. The number of nitrogens with one attached hydrogen (secondary N) is 2. The topological polar surface area (TPSA) is 95.0 Å². The smallest absolute Gasteiger partial charge is 0.255 e. The number of carbonyl (C=O) groups excluding carboxylic acids is 1. The molecule has 0 unspecified atom stereocenters. The molecule has 0 saturated carbocycles. The van der Waals surface area contributed by atoms with Crippen LogP contribution in [0.5, 0.6) is 0 Å². The molecule has 0 spiro atoms. The van der Waals surface area contributed by atoms with E-state index in [1.54, 1.807) is 4.90 Å². The molecule has 0 radical (unpaired) electrons. The molecule has 0 fully saturated rings. The van der Waals surface area contributed by atoms with Crippen LogP contribution in [0.4, 0.5) is 0 Å². The molecule has 0 aliphatic carbocycles. The van der Waals surface area contributed by atoms with Crippen LogP contribution >= 0.6 is 0 Å². The van der Waals surface area contributed by atoms with Crippen LogP contribution in [0.25, 0.3) is 10.9 Å². The lowest BCUT2D eigenvalue weighted by Gasteiger charge is -2.28. The van der Waals surface area contributed by atoms with Gasteiger partial charge in [0, 0.05) is 40.0 Å². The lowest BCUT2D eigenvalue weighted by Crippen LogP contribution is -2.38. The fraction of sp³-hybridized carbons (Fsp3) is 0.391. The Labute approximate surface area is 171 Å². The van der Waals surface area contributed by atoms with Crippen LogP contribution in [0, 0.1) is 20.8 Å². The van der Waals surface area contributed by atoms with Gasteiger partial charge in [-0.05, 0) is 82.5 Å². The Bertz CT molecular complexity index is 1110. The first-order valence-electron chi connectivity index (χ1n) is 10.0. The van der Waals surface area contributed by atoms with Gasteiger partial charge in [0.05, 0.1) is 6.54 Å². The van der Waals surface area contributed by atoms with Crippen molar-refractivity contribution in [2.24, 2.45) is 5.73 Å². The Kier molecular flexibility index (Phi) is 5.94. The summed E-state index contributed by atoms with van der Waals surface area (Å²) < 4.78 is 0. The molecule has 6 heteroatoms. The normalized spacial score (nSPS) is 11.4. The second kappa shape index (κ2) is 8.25. The van der Waals surface area contributed by atoms with Gasteiger partial charge in [0.1, 0.15) is 0 Å². The average molecular weight is 395 g/mol. The maximum atomic E-state index is 13.7. The van der Waals surface area contributed by atoms with Crippen molar-refractivity contribution in [3.63, 3.8) is 0 Å². The van der Waals surface area contributed by atoms with Crippen molar-refractivity contribution in [2.45, 2.75) is 53.6 Å². The van der Waals surface area contributed by atoms with E-state index in [-0.39, 0.29) is 24.1 Å². The van der Waals surface area contributed by atoms with E-state index in [9.17, 15) is 9.59 Å². The Hall–Kier alpha value is -2.86. The van der Waals surface area contributed by atoms with Gasteiger partial charge >= 0.3 is 0 Å². The van der Waals surface area contributed by atoms with Gasteiger partial charge in [-0.1, -0.05) is 0 Å². The predicted molar refractivity (Wildman–Crippen MR) is 117 cm³/mol. The lowest BCUT2D eigenvalue weighted by atomic mass is 9.99. The van der Waals surface area contributed by atoms with E-state index in [4.69, 9.17) is 5.73 Å². The molecule has 4 N–H and O–H groups in total. The first kappa shape index (κ1) is 20.9. The number of nitrogens with two attached hydrogens (primary N) is 1. The van der Waals surface area contributed by atoms with Crippen molar-refractivity contribution in [3.8, 4) is 0 Å². The van der Waals surface area contributed by atoms with Gasteiger partial charge in [-0.15, -0.1) is 0 Å². The maximum absolute atomic E-state index is 13.7. The van der Waals surface area contributed by atoms with Crippen LogP contribution in [0.15, 0.2) is 29.2 Å². The van der Waals surface area contributed by atoms with Crippen molar-refractivity contribution in [1.82, 2.24) is 14.9 Å². The van der Waals surface area contributed by atoms with Crippen molar-refractivity contribution in [3.05, 3.63) is 68.3 Å². The summed E-state index contributed by atoms with van der Waals surface area (Å²) in [5.41, 5.74) is 11.6. The van der Waals surface area contributed by atoms with Gasteiger partial charge in [-0.2, -0.15) is 0 Å². The van der Waals surface area contributed by atoms with Gasteiger partial charge < -0.3 is 20.6 Å². The zero-order valence-electron chi connectivity index (χ0n) is 17.8. The number of pyridine rings is 1. The summed E-state index contributed by atoms with van der Waals surface area (Å²) >= 11 is 0. The summed E-state index contributed by atoms with van der Waals surface area (Å²) in [5, 5.41) is 0.927. The summed E-state index contributed by atoms with van der Waals surface area (Å²) in [6, 6.07) is 5.88. The number of aryl methyl sites for hydroxylation is 3. The number of nitrogens with zero attached hydrogens (tertiary/aromatic N) is 1. The second-order valence-electron chi connectivity index (χ2n) is 8.05. The minimum atomic E-state index is -0.138. The van der Waals surface area contributed by atoms with Crippen LogP contribution in [-0.2, 0) is 13.0 Å². The number of fused-ring (bicyclic) bond motifs is 1. The van der Waals surface area contributed by atoms with E-state index in [0.717, 1.165) is 33.3 Å². The molecule has 0 saturated heterocycles. The van der Waals surface area contributed by atoms with Gasteiger partial charge in [0.15, 0.2) is 0 Å². The number of hydrogen-bond acceptors (Lipinski definition) is 3. The molecule has 0 aliphatic rings. The minimum absolute atomic E-state index is 0.0601. The van der Waals surface area contributed by atoms with Gasteiger partial charge in [0.25, 0.3) is 11.5 Å². The Balaban J connectivity index is 2.09. The molecule has 0 atom stereocenters. The summed E-state index contributed by atoms with van der Waals surface area (Å²) in [7, 11) is 0. The van der Waals surface area contributed by atoms with Crippen molar-refractivity contribution in [1.29, 1.82) is 0 Å². The third-order valence-electron chi connectivity index (χ3n) is 5.41. The molecule has 2 heterocycles. The van der Waals surface area contributed by atoms with Crippen molar-refractivity contribution >= 4 is 16.8 Å². The largest absolute Gasteiger partial charge is 0.361 e. The monoisotopic (exact) mass is 394 g/mol. The second-order valence-corrected chi connectivity index (χ2v) is 8.05. The minimum Gasteiger partial charge on any atom is -0.361 e. The molecule has 2 aromatic heterocycles. The quantitative estimate of drug-likeness (QED) is 0.598. The molecule has 1 aromatic carbocycles. The number of rotatable bonds is 6. The van der Waals surface area contributed by atoms with E-state index < -0.39 is 0 Å². The first-order valence-corrected chi connectivity index (χ1v) is 10.0. The third-order valence-corrected chi connectivity index (χ3v) is 5.41. The van der Waals surface area contributed by atoms with E-state index in [1.165, 1.54) is 0 Å². The highest BCUT2D eigenvalue weighted by molar-refractivity contribution is 6.08. The summed E-state index contributed by atoms with van der Waals surface area (Å²) in [4.78, 5) is 34.1. The summed E-state index contributed by atoms with van der Waals surface area (Å²) in [6.07, 6.45) is 2.62. The molecule has 0 aliphatic heterocycles. The van der Waals surface area contributed by atoms with E-state index in [1.807, 2.05) is 52.9 Å². The van der Waals surface area contributed by atoms with Gasteiger partial charge in [0.2, 0.25) is 0 Å². The molecule has 0 bridgehead atoms. The first-order chi connectivity index (χ1) is 13.7. The summed E-state index contributed by atoms with van der Waals surface area (Å²) in [6.45, 7) is 10.5. The molecule has 3 rings (SSSR count). The van der Waals surface area contributed by atoms with Crippen LogP contribution in [-0.4, -0.2) is 33.4 Å². The van der Waals surface area contributed by atoms with E-state index >= 15 is 0 Å². The zero-order valence-corrected chi connectivity index (χ0v) is 17.8. The SMILES string of the molecule is Cc1cc(C)c(CN(C(=O)c2cc(CCN)cc3[nH]cc(C)c23)C(C)C)c(=O)[nH]1. The van der Waals surface area contributed by atoms with Crippen molar-refractivity contribution in [2.75, 3.05) is 6.54 Å². The highest BCUT2D eigenvalue weighted by Gasteiger charge is 2.24. The fourth-order valence-electron chi connectivity index (χ4n) is 3.87. The van der Waals surface area contributed by atoms with E-state index in [0.29, 0.717) is 24.1 Å². The van der Waals surface area contributed by atoms with Crippen LogP contribution < -0.4 is 11.3 Å². The molecule has 6 nitrogen and oxygen atoms in total. The Morgan fingerprint density at radius 3 is 2.48 bits per heavy atom. The average Bonchev–Trinajstić information content (AvgIpc) is 3.01. The van der Waals surface area contributed by atoms with Crippen molar-refractivity contribution < 1.29 is 4.79 Å². The lowest BCUT2D eigenvalue weighted by molar-refractivity contribution is 0.0691. The van der Waals surface area contributed by atoms with Crippen LogP contribution in [0.3, 0.4) is 0 Å². The Morgan fingerprint density at radius 2 is 1.86 bits per heavy atom. The molecule has 154 valence electrons. The third kappa shape index (κ3) is 4.12. The number of benzene rings is 1. The van der Waals surface area contributed by atoms with Gasteiger partial charge in [-0.25, -0.2) is 0 Å². The number of H-pyrrole nitrogens is 2. The molecule has 1 amide bonds. The Morgan fingerprint density at radius 1 is 1.14 bits per heavy atom. The number of carbonyl (C=O) groups is 1. The van der Waals surface area contributed by atoms with E-state index in [2.05, 4.69) is 16.0 Å². The standard InChI is InChI=1S/C23H30N4O2/c1-13(2)27(12-19-14(3)8-16(5)26-22(19)28)23(29)18-9-17(6-7-24)10-20-21(18)15(4)11-25-20/h8-11,13,25H,6-7,12,24H2,1-5H3,(H,26,28). The van der Waals surface area contributed by atoms with Gasteiger partial charge in [-0.3, -0.25) is 9.59 Å². The molecular weight excluding hydrogens is 364 g/mol. The molecular formula is C23H30N4O2. The predicted octanol–water partition coefficient (Wildman–Crippen LogP) is 3.33. The summed E-state index contributed by atoms with van der Waals surface area (Å²) in [5.74, 6) is -0.0778. The number of aromatic nitrogens is 2. The highest BCUT2D eigenvalue weighted by Crippen LogP contribution is 2.27. The molecule has 29 heavy (non-hydrogen) atoms. The number of amides is 1. The van der Waals surface area contributed by atoms with Crippen LogP contribution in [0.1, 0.15) is 52.2 Å². The maximum Gasteiger partial charge on any atom is 0.255 e. The van der Waals surface area contributed by atoms with Crippen LogP contribution in [0.2, 0.25) is 0 Å². The zero-order chi connectivity index (χ0) is 21.3. The number of aromatic amines is 2. The number of hydrogen-bond donors (Lipinski definition) is 3. The highest BCUT2D eigenvalue weighted by atomic mass is 16.2.